The molecule has 0 rings (SSSR count). The standard InChI is InChI=1S/CH3NO6P2.2Na/c2-1(7-9(3)4)8-10(5)6;;/h1H,2H2;;/q;2*+1. The molecule has 0 aromatic carbocycles. The Morgan fingerprint density at radius 1 is 1.08 bits per heavy atom. The molecule has 0 aliphatic rings. The maximum Gasteiger partial charge on any atom is 1.00 e. The number of hydrogen-bond acceptors (Lipinski definition) is 7. The maximum atomic E-state index is 9.65. The monoisotopic (exact) mass is 233 g/mol. The fourth-order valence-electron chi connectivity index (χ4n) is 0.189. The summed E-state index contributed by atoms with van der Waals surface area (Å²) in [6.45, 7) is 0. The van der Waals surface area contributed by atoms with E-state index >= 15 is 0 Å². The Labute approximate surface area is 114 Å². The van der Waals surface area contributed by atoms with E-state index in [-0.39, 0.29) is 59.1 Å². The zero-order chi connectivity index (χ0) is 8.15. The normalized spacial score (nSPS) is 13.6. The van der Waals surface area contributed by atoms with Crippen molar-refractivity contribution in [3.8, 4) is 0 Å². The maximum absolute atomic E-state index is 9.65. The zero-order valence-corrected chi connectivity index (χ0v) is 12.3. The predicted octanol–water partition coefficient (Wildman–Crippen LogP) is -7.69. The molecule has 0 aliphatic heterocycles. The fraction of sp³-hybridized carbons (Fsp3) is 1.00. The van der Waals surface area contributed by atoms with E-state index in [0.29, 0.717) is 0 Å². The van der Waals surface area contributed by atoms with E-state index in [1.54, 1.807) is 0 Å². The van der Waals surface area contributed by atoms with E-state index in [1.165, 1.54) is 0 Å². The molecule has 0 aromatic rings. The molecule has 0 spiro atoms. The molecular weight excluding hydrogens is 230 g/mol. The summed E-state index contributed by atoms with van der Waals surface area (Å²) in [4.78, 5) is 19.3. The van der Waals surface area contributed by atoms with Crippen molar-refractivity contribution in [3.63, 3.8) is 0 Å². The van der Waals surface area contributed by atoms with Gasteiger partial charge in [-0.05, 0) is 9.13 Å². The van der Waals surface area contributed by atoms with Crippen molar-refractivity contribution < 1.29 is 87.1 Å². The minimum atomic E-state index is -3.19. The molecule has 2 atom stereocenters. The van der Waals surface area contributed by atoms with Gasteiger partial charge >= 0.3 is 82.0 Å². The second kappa shape index (κ2) is 11.1. The molecule has 0 saturated carbocycles. The van der Waals surface area contributed by atoms with Gasteiger partial charge in [0.25, 0.3) is 0 Å². The van der Waals surface area contributed by atoms with Gasteiger partial charge in [0.15, 0.2) is 0 Å². The van der Waals surface area contributed by atoms with Gasteiger partial charge in [0.05, 0.1) is 0 Å². The van der Waals surface area contributed by atoms with Gasteiger partial charge in [-0.2, -0.15) is 0 Å². The van der Waals surface area contributed by atoms with Crippen molar-refractivity contribution in [2.24, 2.45) is 5.73 Å². The number of rotatable bonds is 4. The summed E-state index contributed by atoms with van der Waals surface area (Å²) >= 11 is 0. The molecule has 0 bridgehead atoms. The summed E-state index contributed by atoms with van der Waals surface area (Å²) in [7, 11) is -6.38. The Bertz CT molecular complexity index is 138. The van der Waals surface area contributed by atoms with Crippen molar-refractivity contribution in [1.29, 1.82) is 0 Å². The van der Waals surface area contributed by atoms with Gasteiger partial charge in [-0.25, -0.2) is 0 Å². The van der Waals surface area contributed by atoms with E-state index in [0.717, 1.165) is 0 Å². The molecule has 0 aliphatic carbocycles. The van der Waals surface area contributed by atoms with Crippen LogP contribution < -0.4 is 74.6 Å². The van der Waals surface area contributed by atoms with Crippen LogP contribution in [0, 0.1) is 0 Å². The van der Waals surface area contributed by atoms with Crippen LogP contribution in [0.4, 0.5) is 0 Å². The fourth-order valence-corrected chi connectivity index (χ4v) is 0.682. The Balaban J connectivity index is -0.000000405. The molecule has 0 amide bonds. The summed E-state index contributed by atoms with van der Waals surface area (Å²) in [5, 5.41) is 0. The van der Waals surface area contributed by atoms with Crippen molar-refractivity contribution in [2.45, 2.75) is 6.41 Å². The Morgan fingerprint density at radius 3 is 1.50 bits per heavy atom. The first kappa shape index (κ1) is 19.6. The van der Waals surface area contributed by atoms with Gasteiger partial charge in [0.2, 0.25) is 0 Å². The number of hydrogen-bond donors (Lipinski definition) is 1. The Hall–Kier alpha value is 2.00. The van der Waals surface area contributed by atoms with E-state index < -0.39 is 22.9 Å². The first-order chi connectivity index (χ1) is 4.52. The molecule has 7 nitrogen and oxygen atoms in total. The topological polar surface area (TPSA) is 125 Å². The molecule has 2 N–H and O–H groups in total. The SMILES string of the molecule is NC(O[P+](=O)[O-])O[P+](=O)[O-].[Na+].[Na+]. The molecule has 0 heterocycles. The second-order valence-electron chi connectivity index (χ2n) is 1.03. The minimum absolute atomic E-state index is 0. The van der Waals surface area contributed by atoms with Crippen molar-refractivity contribution in [1.82, 2.24) is 0 Å². The summed E-state index contributed by atoms with van der Waals surface area (Å²) in [5.74, 6) is 0. The average molecular weight is 233 g/mol. The van der Waals surface area contributed by atoms with E-state index in [4.69, 9.17) is 0 Å². The molecule has 12 heavy (non-hydrogen) atoms. The van der Waals surface area contributed by atoms with Crippen LogP contribution in [0.1, 0.15) is 0 Å². The first-order valence-corrected chi connectivity index (χ1v) is 4.09. The summed E-state index contributed by atoms with van der Waals surface area (Å²) in [6, 6.07) is 0. The molecule has 0 aromatic heterocycles. The van der Waals surface area contributed by atoms with E-state index in [9.17, 15) is 18.9 Å². The van der Waals surface area contributed by atoms with Crippen LogP contribution in [0.3, 0.4) is 0 Å². The quantitative estimate of drug-likeness (QED) is 0.290. The van der Waals surface area contributed by atoms with E-state index in [2.05, 4.69) is 14.8 Å². The summed E-state index contributed by atoms with van der Waals surface area (Å²) in [5.41, 5.74) is 4.66. The molecule has 0 radical (unpaired) electrons. The Morgan fingerprint density at radius 2 is 1.33 bits per heavy atom. The van der Waals surface area contributed by atoms with Gasteiger partial charge in [-0.3, -0.25) is 5.73 Å². The van der Waals surface area contributed by atoms with Gasteiger partial charge < -0.3 is 9.79 Å². The third-order valence-electron chi connectivity index (χ3n) is 0.380. The van der Waals surface area contributed by atoms with Crippen molar-refractivity contribution in [3.05, 3.63) is 0 Å². The van der Waals surface area contributed by atoms with Crippen LogP contribution in [-0.4, -0.2) is 6.41 Å². The van der Waals surface area contributed by atoms with Crippen LogP contribution in [0.5, 0.6) is 0 Å². The Kier molecular flexibility index (Phi) is 18.0. The molecule has 2 unspecified atom stereocenters. The number of nitrogens with two attached hydrogens (primary N) is 1. The largest absolute Gasteiger partial charge is 1.00 e. The smallest absolute Gasteiger partial charge is 0.566 e. The molecule has 58 valence electrons. The third-order valence-corrected chi connectivity index (χ3v) is 1.14. The minimum Gasteiger partial charge on any atom is -0.566 e. The van der Waals surface area contributed by atoms with Crippen LogP contribution in [0.2, 0.25) is 0 Å². The molecule has 0 saturated heterocycles. The van der Waals surface area contributed by atoms with Crippen molar-refractivity contribution >= 4 is 16.5 Å². The van der Waals surface area contributed by atoms with Gasteiger partial charge in [0.1, 0.15) is 0 Å². The summed E-state index contributed by atoms with van der Waals surface area (Å²) in [6.07, 6.45) is -1.78. The predicted molar refractivity (Wildman–Crippen MR) is 25.4 cm³/mol. The van der Waals surface area contributed by atoms with Gasteiger partial charge in [-0.15, -0.1) is 0 Å². The first-order valence-electron chi connectivity index (χ1n) is 1.90. The molecule has 0 fully saturated rings. The third kappa shape index (κ3) is 14.5. The average Bonchev–Trinajstić information content (AvgIpc) is 1.58. The molecule has 11 heteroatoms. The van der Waals surface area contributed by atoms with Crippen LogP contribution >= 0.6 is 16.5 Å². The van der Waals surface area contributed by atoms with E-state index in [1.807, 2.05) is 0 Å². The van der Waals surface area contributed by atoms with Gasteiger partial charge in [-0.1, -0.05) is 9.05 Å². The van der Waals surface area contributed by atoms with Crippen LogP contribution in [-0.2, 0) is 18.2 Å². The molecular formula is CH3NNa2O6P2+2. The van der Waals surface area contributed by atoms with Gasteiger partial charge in [0, 0.05) is 0 Å². The van der Waals surface area contributed by atoms with Crippen molar-refractivity contribution in [2.75, 3.05) is 0 Å². The zero-order valence-electron chi connectivity index (χ0n) is 6.50. The van der Waals surface area contributed by atoms with Crippen LogP contribution in [0.15, 0.2) is 0 Å². The summed E-state index contributed by atoms with van der Waals surface area (Å²) < 4.78 is 26.7. The van der Waals surface area contributed by atoms with Crippen LogP contribution in [0.25, 0.3) is 0 Å². The second-order valence-corrected chi connectivity index (χ2v) is 2.34.